The standard InChI is InChI=1S/C20H26N4O2/c1-13(2)14-4-6-15(7-5-14)20-21-18(26-22-20)12-24-9-8-17-16(11-24)10-19(25)23(17)3/h4-7,13,16-17H,8-12H2,1-3H3/t16-,17+/m0/s1. The van der Waals surface area contributed by atoms with Crippen molar-refractivity contribution in [2.75, 3.05) is 20.1 Å². The first-order valence-corrected chi connectivity index (χ1v) is 9.42. The van der Waals surface area contributed by atoms with Gasteiger partial charge in [0.1, 0.15) is 0 Å². The van der Waals surface area contributed by atoms with Crippen molar-refractivity contribution in [2.24, 2.45) is 5.92 Å². The Labute approximate surface area is 154 Å². The lowest BCUT2D eigenvalue weighted by Crippen LogP contribution is -2.44. The van der Waals surface area contributed by atoms with E-state index < -0.39 is 0 Å². The molecule has 0 radical (unpaired) electrons. The van der Waals surface area contributed by atoms with E-state index in [4.69, 9.17) is 4.52 Å². The van der Waals surface area contributed by atoms with Crippen molar-refractivity contribution >= 4 is 5.91 Å². The first-order chi connectivity index (χ1) is 12.5. The topological polar surface area (TPSA) is 62.5 Å². The highest BCUT2D eigenvalue weighted by atomic mass is 16.5. The van der Waals surface area contributed by atoms with Gasteiger partial charge in [0.15, 0.2) is 0 Å². The zero-order chi connectivity index (χ0) is 18.3. The number of likely N-dealkylation sites (tertiary alicyclic amines) is 2. The number of aromatic nitrogens is 2. The van der Waals surface area contributed by atoms with Crippen LogP contribution in [0.5, 0.6) is 0 Å². The van der Waals surface area contributed by atoms with E-state index in [1.54, 1.807) is 0 Å². The number of carbonyl (C=O) groups is 1. The van der Waals surface area contributed by atoms with E-state index in [0.29, 0.717) is 42.6 Å². The van der Waals surface area contributed by atoms with E-state index in [1.807, 2.05) is 11.9 Å². The number of benzene rings is 1. The van der Waals surface area contributed by atoms with Crippen molar-refractivity contribution in [3.8, 4) is 11.4 Å². The van der Waals surface area contributed by atoms with Gasteiger partial charge in [-0.3, -0.25) is 9.69 Å². The number of fused-ring (bicyclic) bond motifs is 1. The number of carbonyl (C=O) groups excluding carboxylic acids is 1. The van der Waals surface area contributed by atoms with E-state index in [2.05, 4.69) is 53.2 Å². The summed E-state index contributed by atoms with van der Waals surface area (Å²) in [6, 6.07) is 8.74. The Bertz CT molecular complexity index is 783. The maximum absolute atomic E-state index is 11.9. The molecule has 2 saturated heterocycles. The second kappa shape index (κ2) is 6.83. The van der Waals surface area contributed by atoms with Crippen LogP contribution in [0.2, 0.25) is 0 Å². The number of rotatable bonds is 4. The highest BCUT2D eigenvalue weighted by Crippen LogP contribution is 2.31. The summed E-state index contributed by atoms with van der Waals surface area (Å²) in [5.41, 5.74) is 2.28. The summed E-state index contributed by atoms with van der Waals surface area (Å²) >= 11 is 0. The monoisotopic (exact) mass is 354 g/mol. The molecule has 0 bridgehead atoms. The number of nitrogens with zero attached hydrogens (tertiary/aromatic N) is 4. The molecule has 1 aromatic heterocycles. The molecule has 138 valence electrons. The van der Waals surface area contributed by atoms with Crippen LogP contribution in [0.4, 0.5) is 0 Å². The van der Waals surface area contributed by atoms with Crippen LogP contribution in [0, 0.1) is 5.92 Å². The quantitative estimate of drug-likeness (QED) is 0.845. The molecular formula is C20H26N4O2. The summed E-state index contributed by atoms with van der Waals surface area (Å²) in [5.74, 6) is 2.48. The molecule has 2 aliphatic heterocycles. The average molecular weight is 354 g/mol. The molecule has 0 aliphatic carbocycles. The van der Waals surface area contributed by atoms with Gasteiger partial charge in [0.25, 0.3) is 0 Å². The molecular weight excluding hydrogens is 328 g/mol. The molecule has 6 heteroatoms. The molecule has 0 unspecified atom stereocenters. The summed E-state index contributed by atoms with van der Waals surface area (Å²) in [6.07, 6.45) is 1.68. The summed E-state index contributed by atoms with van der Waals surface area (Å²) < 4.78 is 5.47. The van der Waals surface area contributed by atoms with Crippen molar-refractivity contribution in [1.82, 2.24) is 19.9 Å². The van der Waals surface area contributed by atoms with Gasteiger partial charge in [0.2, 0.25) is 17.6 Å². The maximum Gasteiger partial charge on any atom is 0.241 e. The van der Waals surface area contributed by atoms with Crippen LogP contribution in [0.3, 0.4) is 0 Å². The highest BCUT2D eigenvalue weighted by molar-refractivity contribution is 5.79. The number of piperidine rings is 1. The predicted octanol–water partition coefficient (Wildman–Crippen LogP) is 2.91. The largest absolute Gasteiger partial charge is 0.342 e. The minimum absolute atomic E-state index is 0.270. The molecule has 1 amide bonds. The summed E-state index contributed by atoms with van der Waals surface area (Å²) in [5, 5.41) is 4.14. The average Bonchev–Trinajstić information content (AvgIpc) is 3.20. The van der Waals surface area contributed by atoms with Crippen LogP contribution in [-0.4, -0.2) is 52.0 Å². The highest BCUT2D eigenvalue weighted by Gasteiger charge is 2.41. The van der Waals surface area contributed by atoms with Crippen LogP contribution >= 0.6 is 0 Å². The van der Waals surface area contributed by atoms with Crippen LogP contribution < -0.4 is 0 Å². The maximum atomic E-state index is 11.9. The Morgan fingerprint density at radius 1 is 1.27 bits per heavy atom. The third kappa shape index (κ3) is 3.26. The van der Waals surface area contributed by atoms with Gasteiger partial charge < -0.3 is 9.42 Å². The lowest BCUT2D eigenvalue weighted by atomic mass is 9.93. The van der Waals surface area contributed by atoms with Gasteiger partial charge in [-0.25, -0.2) is 0 Å². The van der Waals surface area contributed by atoms with Gasteiger partial charge in [0.05, 0.1) is 6.54 Å². The molecule has 2 aliphatic rings. The Morgan fingerprint density at radius 3 is 2.77 bits per heavy atom. The van der Waals surface area contributed by atoms with Gasteiger partial charge in [-0.1, -0.05) is 43.3 Å². The molecule has 0 saturated carbocycles. The van der Waals surface area contributed by atoms with Gasteiger partial charge in [0, 0.05) is 44.1 Å². The van der Waals surface area contributed by atoms with E-state index in [0.717, 1.165) is 25.1 Å². The summed E-state index contributed by atoms with van der Waals surface area (Å²) in [6.45, 7) is 6.89. The van der Waals surface area contributed by atoms with Crippen molar-refractivity contribution in [2.45, 2.75) is 45.2 Å². The lowest BCUT2D eigenvalue weighted by Gasteiger charge is -2.35. The molecule has 2 fully saturated rings. The van der Waals surface area contributed by atoms with Crippen LogP contribution in [0.1, 0.15) is 44.1 Å². The van der Waals surface area contributed by atoms with Crippen LogP contribution in [0.15, 0.2) is 28.8 Å². The molecule has 0 spiro atoms. The third-order valence-corrected chi connectivity index (χ3v) is 5.77. The smallest absolute Gasteiger partial charge is 0.241 e. The normalized spacial score (nSPS) is 23.7. The van der Waals surface area contributed by atoms with Gasteiger partial charge >= 0.3 is 0 Å². The number of hydrogen-bond acceptors (Lipinski definition) is 5. The summed E-state index contributed by atoms with van der Waals surface area (Å²) in [4.78, 5) is 20.7. The molecule has 4 rings (SSSR count). The van der Waals surface area contributed by atoms with Crippen LogP contribution in [-0.2, 0) is 11.3 Å². The molecule has 26 heavy (non-hydrogen) atoms. The van der Waals surface area contributed by atoms with E-state index in [1.165, 1.54) is 5.56 Å². The molecule has 2 aromatic rings. The molecule has 6 nitrogen and oxygen atoms in total. The summed E-state index contributed by atoms with van der Waals surface area (Å²) in [7, 11) is 1.93. The Kier molecular flexibility index (Phi) is 4.53. The predicted molar refractivity (Wildman–Crippen MR) is 98.4 cm³/mol. The van der Waals surface area contributed by atoms with Gasteiger partial charge in [-0.15, -0.1) is 0 Å². The van der Waals surface area contributed by atoms with Crippen molar-refractivity contribution in [3.63, 3.8) is 0 Å². The number of hydrogen-bond donors (Lipinski definition) is 0. The Hall–Kier alpha value is -2.21. The minimum Gasteiger partial charge on any atom is -0.342 e. The van der Waals surface area contributed by atoms with Crippen molar-refractivity contribution in [1.29, 1.82) is 0 Å². The van der Waals surface area contributed by atoms with E-state index in [-0.39, 0.29) is 5.91 Å². The SMILES string of the molecule is CC(C)c1ccc(-c2noc(CN3CC[C@@H]4[C@@H](CC(=O)N4C)C3)n2)cc1. The Balaban J connectivity index is 1.40. The van der Waals surface area contributed by atoms with Crippen molar-refractivity contribution in [3.05, 3.63) is 35.7 Å². The second-order valence-electron chi connectivity index (χ2n) is 7.85. The van der Waals surface area contributed by atoms with Gasteiger partial charge in [-0.2, -0.15) is 4.98 Å². The van der Waals surface area contributed by atoms with E-state index >= 15 is 0 Å². The second-order valence-corrected chi connectivity index (χ2v) is 7.85. The number of amides is 1. The molecule has 1 aromatic carbocycles. The van der Waals surface area contributed by atoms with Crippen molar-refractivity contribution < 1.29 is 9.32 Å². The fraction of sp³-hybridized carbons (Fsp3) is 0.550. The lowest BCUT2D eigenvalue weighted by molar-refractivity contribution is -0.127. The zero-order valence-corrected chi connectivity index (χ0v) is 15.7. The Morgan fingerprint density at radius 2 is 2.04 bits per heavy atom. The van der Waals surface area contributed by atoms with Gasteiger partial charge in [-0.05, 0) is 17.9 Å². The van der Waals surface area contributed by atoms with E-state index in [9.17, 15) is 4.79 Å². The third-order valence-electron chi connectivity index (χ3n) is 5.77. The van der Waals surface area contributed by atoms with Crippen LogP contribution in [0.25, 0.3) is 11.4 Å². The first kappa shape index (κ1) is 17.2. The fourth-order valence-corrected chi connectivity index (χ4v) is 4.15. The molecule has 2 atom stereocenters. The zero-order valence-electron chi connectivity index (χ0n) is 15.7. The molecule has 3 heterocycles. The molecule has 0 N–H and O–H groups in total. The minimum atomic E-state index is 0.270. The fourth-order valence-electron chi connectivity index (χ4n) is 4.15. The first-order valence-electron chi connectivity index (χ1n) is 9.42.